The summed E-state index contributed by atoms with van der Waals surface area (Å²) in [6.07, 6.45) is 2.90. The van der Waals surface area contributed by atoms with Crippen molar-refractivity contribution in [2.75, 3.05) is 19.0 Å². The monoisotopic (exact) mass is 387 g/mol. The van der Waals surface area contributed by atoms with E-state index in [9.17, 15) is 9.59 Å². The third-order valence-electron chi connectivity index (χ3n) is 4.16. The summed E-state index contributed by atoms with van der Waals surface area (Å²) in [5.74, 6) is -0.260. The molecule has 0 aliphatic rings. The van der Waals surface area contributed by atoms with E-state index in [0.717, 1.165) is 22.4 Å². The van der Waals surface area contributed by atoms with Crippen LogP contribution in [0.15, 0.2) is 84.9 Å². The molecule has 0 radical (unpaired) electrons. The van der Waals surface area contributed by atoms with Gasteiger partial charge in [-0.05, 0) is 35.4 Å². The Morgan fingerprint density at radius 1 is 0.897 bits per heavy atom. The molecule has 146 valence electrons. The lowest BCUT2D eigenvalue weighted by atomic mass is 10.0. The number of hydrogen-bond donors (Lipinski definition) is 1. The highest BCUT2D eigenvalue weighted by atomic mass is 16.5. The maximum atomic E-state index is 12.2. The first kappa shape index (κ1) is 19.9. The van der Waals surface area contributed by atoms with Crippen LogP contribution >= 0.6 is 0 Å². The second kappa shape index (κ2) is 9.90. The molecule has 3 rings (SSSR count). The fourth-order valence-corrected chi connectivity index (χ4v) is 2.71. The van der Waals surface area contributed by atoms with Crippen LogP contribution in [0, 0.1) is 0 Å². The van der Waals surface area contributed by atoms with Crippen molar-refractivity contribution in [2.24, 2.45) is 0 Å². The van der Waals surface area contributed by atoms with Gasteiger partial charge in [-0.3, -0.25) is 4.79 Å². The van der Waals surface area contributed by atoms with Crippen LogP contribution in [0.3, 0.4) is 0 Å². The van der Waals surface area contributed by atoms with Crippen LogP contribution in [0.2, 0.25) is 0 Å². The Morgan fingerprint density at radius 3 is 2.31 bits per heavy atom. The van der Waals surface area contributed by atoms with Crippen molar-refractivity contribution in [1.29, 1.82) is 0 Å². The molecule has 3 aromatic carbocycles. The minimum Gasteiger partial charge on any atom is -0.497 e. The predicted molar refractivity (Wildman–Crippen MR) is 113 cm³/mol. The molecule has 0 unspecified atom stereocenters. The molecule has 0 atom stereocenters. The van der Waals surface area contributed by atoms with E-state index in [1.807, 2.05) is 66.7 Å². The number of carbonyl (C=O) groups excluding carboxylic acids is 2. The van der Waals surface area contributed by atoms with E-state index in [-0.39, 0.29) is 6.61 Å². The summed E-state index contributed by atoms with van der Waals surface area (Å²) in [4.78, 5) is 24.1. The van der Waals surface area contributed by atoms with Gasteiger partial charge in [-0.1, -0.05) is 60.7 Å². The zero-order chi connectivity index (χ0) is 20.5. The van der Waals surface area contributed by atoms with Crippen LogP contribution in [0.5, 0.6) is 5.75 Å². The Morgan fingerprint density at radius 2 is 1.59 bits per heavy atom. The number of rotatable bonds is 7. The van der Waals surface area contributed by atoms with Crippen molar-refractivity contribution in [2.45, 2.75) is 0 Å². The van der Waals surface area contributed by atoms with Gasteiger partial charge in [-0.2, -0.15) is 0 Å². The number of carbonyl (C=O) groups is 2. The van der Waals surface area contributed by atoms with Crippen molar-refractivity contribution in [3.63, 3.8) is 0 Å². The van der Waals surface area contributed by atoms with E-state index in [2.05, 4.69) is 5.32 Å². The molecular formula is C24H21NO4. The van der Waals surface area contributed by atoms with Gasteiger partial charge in [0.15, 0.2) is 6.61 Å². The number of methoxy groups -OCH3 is 1. The molecular weight excluding hydrogens is 366 g/mol. The average molecular weight is 387 g/mol. The SMILES string of the molecule is COc1ccc(/C=C/C(=O)OCC(=O)Nc2ccccc2-c2ccccc2)cc1. The van der Waals surface area contributed by atoms with Gasteiger partial charge in [0, 0.05) is 17.3 Å². The van der Waals surface area contributed by atoms with Crippen LogP contribution < -0.4 is 10.1 Å². The number of anilines is 1. The van der Waals surface area contributed by atoms with E-state index >= 15 is 0 Å². The highest BCUT2D eigenvalue weighted by Crippen LogP contribution is 2.27. The number of amides is 1. The van der Waals surface area contributed by atoms with Gasteiger partial charge >= 0.3 is 5.97 Å². The smallest absolute Gasteiger partial charge is 0.331 e. The fraction of sp³-hybridized carbons (Fsp3) is 0.0833. The molecule has 0 saturated heterocycles. The summed E-state index contributed by atoms with van der Waals surface area (Å²) in [6, 6.07) is 24.4. The summed E-state index contributed by atoms with van der Waals surface area (Å²) < 4.78 is 10.1. The van der Waals surface area contributed by atoms with E-state index in [0.29, 0.717) is 5.69 Å². The normalized spacial score (nSPS) is 10.5. The van der Waals surface area contributed by atoms with Gasteiger partial charge in [-0.25, -0.2) is 4.79 Å². The van der Waals surface area contributed by atoms with Crippen molar-refractivity contribution >= 4 is 23.6 Å². The number of nitrogens with one attached hydrogen (secondary N) is 1. The van der Waals surface area contributed by atoms with E-state index in [1.54, 1.807) is 25.3 Å². The van der Waals surface area contributed by atoms with Gasteiger partial charge in [0.1, 0.15) is 5.75 Å². The molecule has 0 fully saturated rings. The summed E-state index contributed by atoms with van der Waals surface area (Å²) in [5, 5.41) is 2.80. The zero-order valence-corrected chi connectivity index (χ0v) is 16.0. The number of esters is 1. The number of benzene rings is 3. The molecule has 0 spiro atoms. The molecule has 0 aliphatic heterocycles. The maximum Gasteiger partial charge on any atom is 0.331 e. The first-order valence-corrected chi connectivity index (χ1v) is 9.09. The topological polar surface area (TPSA) is 64.6 Å². The Kier molecular flexibility index (Phi) is 6.79. The Bertz CT molecular complexity index is 995. The Balaban J connectivity index is 1.55. The number of ether oxygens (including phenoxy) is 2. The first-order valence-electron chi connectivity index (χ1n) is 9.09. The highest BCUT2D eigenvalue weighted by molar-refractivity contribution is 5.97. The van der Waals surface area contributed by atoms with Crippen molar-refractivity contribution in [1.82, 2.24) is 0 Å². The van der Waals surface area contributed by atoms with Crippen LogP contribution in [-0.2, 0) is 14.3 Å². The molecule has 0 aliphatic carbocycles. The van der Waals surface area contributed by atoms with Crippen LogP contribution in [0.1, 0.15) is 5.56 Å². The molecule has 5 nitrogen and oxygen atoms in total. The third kappa shape index (κ3) is 5.81. The average Bonchev–Trinajstić information content (AvgIpc) is 2.77. The Labute approximate surface area is 169 Å². The van der Waals surface area contributed by atoms with Crippen LogP contribution in [0.25, 0.3) is 17.2 Å². The van der Waals surface area contributed by atoms with Crippen molar-refractivity contribution < 1.29 is 19.1 Å². The summed E-state index contributed by atoms with van der Waals surface area (Å²) in [5.41, 5.74) is 3.37. The van der Waals surface area contributed by atoms with Crippen molar-refractivity contribution in [3.05, 3.63) is 90.5 Å². The van der Waals surface area contributed by atoms with Gasteiger partial charge in [0.2, 0.25) is 0 Å². The lowest BCUT2D eigenvalue weighted by Crippen LogP contribution is -2.20. The van der Waals surface area contributed by atoms with Crippen LogP contribution in [0.4, 0.5) is 5.69 Å². The van der Waals surface area contributed by atoms with E-state index in [4.69, 9.17) is 9.47 Å². The maximum absolute atomic E-state index is 12.2. The second-order valence-corrected chi connectivity index (χ2v) is 6.17. The number of para-hydroxylation sites is 1. The molecule has 1 amide bonds. The molecule has 0 heterocycles. The minimum absolute atomic E-state index is 0.366. The molecule has 0 aromatic heterocycles. The largest absolute Gasteiger partial charge is 0.497 e. The highest BCUT2D eigenvalue weighted by Gasteiger charge is 2.09. The van der Waals surface area contributed by atoms with Gasteiger partial charge in [0.25, 0.3) is 5.91 Å². The summed E-state index contributed by atoms with van der Waals surface area (Å²) in [6.45, 7) is -0.366. The molecule has 29 heavy (non-hydrogen) atoms. The number of hydrogen-bond acceptors (Lipinski definition) is 4. The molecule has 0 saturated carbocycles. The Hall–Kier alpha value is -3.86. The predicted octanol–water partition coefficient (Wildman–Crippen LogP) is 4.56. The lowest BCUT2D eigenvalue weighted by molar-refractivity contribution is -0.142. The van der Waals surface area contributed by atoms with E-state index in [1.165, 1.54) is 6.08 Å². The summed E-state index contributed by atoms with van der Waals surface area (Å²) >= 11 is 0. The second-order valence-electron chi connectivity index (χ2n) is 6.17. The summed E-state index contributed by atoms with van der Waals surface area (Å²) in [7, 11) is 1.59. The molecule has 1 N–H and O–H groups in total. The molecule has 5 heteroatoms. The van der Waals surface area contributed by atoms with E-state index < -0.39 is 11.9 Å². The van der Waals surface area contributed by atoms with Gasteiger partial charge in [0.05, 0.1) is 7.11 Å². The van der Waals surface area contributed by atoms with Gasteiger partial charge < -0.3 is 14.8 Å². The molecule has 3 aromatic rings. The molecule has 0 bridgehead atoms. The van der Waals surface area contributed by atoms with Gasteiger partial charge in [-0.15, -0.1) is 0 Å². The lowest BCUT2D eigenvalue weighted by Gasteiger charge is -2.11. The van der Waals surface area contributed by atoms with Crippen molar-refractivity contribution in [3.8, 4) is 16.9 Å². The third-order valence-corrected chi connectivity index (χ3v) is 4.16. The standard InChI is InChI=1S/C24H21NO4/c1-28-20-14-11-18(12-15-20)13-16-24(27)29-17-23(26)25-22-10-6-5-9-21(22)19-7-3-2-4-8-19/h2-16H,17H2,1H3,(H,25,26)/b16-13+. The zero-order valence-electron chi connectivity index (χ0n) is 16.0. The minimum atomic E-state index is -0.590. The quantitative estimate of drug-likeness (QED) is 0.477. The first-order chi connectivity index (χ1) is 14.2. The fourth-order valence-electron chi connectivity index (χ4n) is 2.71. The van der Waals surface area contributed by atoms with Crippen LogP contribution in [-0.4, -0.2) is 25.6 Å².